The van der Waals surface area contributed by atoms with Crippen LogP contribution < -0.4 is 5.32 Å². The van der Waals surface area contributed by atoms with Gasteiger partial charge in [-0.1, -0.05) is 6.42 Å². The second kappa shape index (κ2) is 7.95. The number of rotatable bonds is 4. The van der Waals surface area contributed by atoms with Crippen LogP contribution in [0.5, 0.6) is 0 Å². The van der Waals surface area contributed by atoms with Gasteiger partial charge in [-0.15, -0.1) is 0 Å². The van der Waals surface area contributed by atoms with E-state index in [4.69, 9.17) is 0 Å². The molecule has 0 spiro atoms. The molecule has 2 amide bonds. The molecule has 0 radical (unpaired) electrons. The maximum atomic E-state index is 13.0. The van der Waals surface area contributed by atoms with Crippen molar-refractivity contribution in [3.05, 3.63) is 35.6 Å². The molecule has 3 unspecified atom stereocenters. The molecule has 0 bridgehead atoms. The highest BCUT2D eigenvalue weighted by Crippen LogP contribution is 2.25. The lowest BCUT2D eigenvalue weighted by Gasteiger charge is -2.32. The summed E-state index contributed by atoms with van der Waals surface area (Å²) in [5.74, 6) is -0.665. The topological polar surface area (TPSA) is 69.6 Å². The number of halogens is 1. The van der Waals surface area contributed by atoms with Crippen molar-refractivity contribution in [2.45, 2.75) is 38.2 Å². The summed E-state index contributed by atoms with van der Waals surface area (Å²) in [6.45, 7) is 1.50. The van der Waals surface area contributed by atoms with Gasteiger partial charge in [-0.05, 0) is 49.9 Å². The molecule has 6 heteroatoms. The summed E-state index contributed by atoms with van der Waals surface area (Å²) in [5, 5.41) is 12.8. The van der Waals surface area contributed by atoms with Crippen molar-refractivity contribution in [2.24, 2.45) is 11.8 Å². The van der Waals surface area contributed by atoms with E-state index < -0.39 is 0 Å². The maximum absolute atomic E-state index is 13.0. The zero-order chi connectivity index (χ0) is 17.8. The van der Waals surface area contributed by atoms with Gasteiger partial charge >= 0.3 is 0 Å². The fourth-order valence-corrected chi connectivity index (χ4v) is 3.78. The van der Waals surface area contributed by atoms with Crippen LogP contribution in [0.4, 0.5) is 4.39 Å². The molecule has 2 N–H and O–H groups in total. The van der Waals surface area contributed by atoms with E-state index in [1.807, 2.05) is 0 Å². The standard InChI is InChI=1S/C19H25FN2O3/c20-16-8-6-13(7-9-16)19(25)22-10-2-4-15(12-22)18(24)21-11-14-3-1-5-17(14)23/h6-9,14-15,17,23H,1-5,10-12H2,(H,21,24). The molecule has 0 aromatic heterocycles. The predicted molar refractivity (Wildman–Crippen MR) is 91.4 cm³/mol. The Bertz CT molecular complexity index is 620. The number of carbonyl (C=O) groups is 2. The number of benzene rings is 1. The summed E-state index contributed by atoms with van der Waals surface area (Å²) in [7, 11) is 0. The first-order chi connectivity index (χ1) is 12.0. The van der Waals surface area contributed by atoms with E-state index in [-0.39, 0.29) is 35.6 Å². The van der Waals surface area contributed by atoms with E-state index in [9.17, 15) is 19.1 Å². The van der Waals surface area contributed by atoms with Crippen LogP contribution in [0.25, 0.3) is 0 Å². The van der Waals surface area contributed by atoms with E-state index in [2.05, 4.69) is 5.32 Å². The molecule has 136 valence electrons. The van der Waals surface area contributed by atoms with Crippen molar-refractivity contribution < 1.29 is 19.1 Å². The number of hydrogen-bond donors (Lipinski definition) is 2. The number of likely N-dealkylation sites (tertiary alicyclic amines) is 1. The second-order valence-electron chi connectivity index (χ2n) is 7.10. The van der Waals surface area contributed by atoms with Crippen molar-refractivity contribution in [3.63, 3.8) is 0 Å². The largest absolute Gasteiger partial charge is 0.393 e. The molecule has 1 aromatic carbocycles. The molecule has 1 saturated carbocycles. The molecule has 3 atom stereocenters. The Hall–Kier alpha value is -1.95. The summed E-state index contributed by atoms with van der Waals surface area (Å²) in [5.41, 5.74) is 0.441. The van der Waals surface area contributed by atoms with Crippen molar-refractivity contribution in [1.82, 2.24) is 10.2 Å². The van der Waals surface area contributed by atoms with E-state index in [1.165, 1.54) is 24.3 Å². The van der Waals surface area contributed by atoms with Crippen molar-refractivity contribution >= 4 is 11.8 Å². The number of amides is 2. The van der Waals surface area contributed by atoms with Crippen LogP contribution in [0.3, 0.4) is 0 Å². The van der Waals surface area contributed by atoms with Gasteiger partial charge < -0.3 is 15.3 Å². The Morgan fingerprint density at radius 1 is 1.16 bits per heavy atom. The average Bonchev–Trinajstić information content (AvgIpc) is 3.05. The van der Waals surface area contributed by atoms with E-state index in [0.717, 1.165) is 32.1 Å². The Balaban J connectivity index is 1.54. The third-order valence-corrected chi connectivity index (χ3v) is 5.33. The van der Waals surface area contributed by atoms with E-state index >= 15 is 0 Å². The minimum Gasteiger partial charge on any atom is -0.393 e. The zero-order valence-electron chi connectivity index (χ0n) is 14.3. The number of carbonyl (C=O) groups excluding carboxylic acids is 2. The van der Waals surface area contributed by atoms with Crippen LogP contribution in [0.15, 0.2) is 24.3 Å². The van der Waals surface area contributed by atoms with Crippen molar-refractivity contribution in [2.75, 3.05) is 19.6 Å². The highest BCUT2D eigenvalue weighted by molar-refractivity contribution is 5.94. The third-order valence-electron chi connectivity index (χ3n) is 5.33. The van der Waals surface area contributed by atoms with Gasteiger partial charge in [0.25, 0.3) is 5.91 Å². The first-order valence-electron chi connectivity index (χ1n) is 9.05. The third kappa shape index (κ3) is 4.37. The second-order valence-corrected chi connectivity index (χ2v) is 7.10. The Morgan fingerprint density at radius 3 is 2.60 bits per heavy atom. The summed E-state index contributed by atoms with van der Waals surface area (Å²) < 4.78 is 13.0. The minimum absolute atomic E-state index is 0.0456. The molecule has 25 heavy (non-hydrogen) atoms. The number of aliphatic hydroxyl groups excluding tert-OH is 1. The van der Waals surface area contributed by atoms with Crippen LogP contribution in [-0.4, -0.2) is 47.6 Å². The summed E-state index contributed by atoms with van der Waals surface area (Å²) in [6, 6.07) is 5.49. The first kappa shape index (κ1) is 17.9. The fraction of sp³-hybridized carbons (Fsp3) is 0.579. The summed E-state index contributed by atoms with van der Waals surface area (Å²) in [4.78, 5) is 26.6. The SMILES string of the molecule is O=C(NCC1CCCC1O)C1CCCN(C(=O)c2ccc(F)cc2)C1. The Kier molecular flexibility index (Phi) is 5.68. The molecule has 1 heterocycles. The molecule has 5 nitrogen and oxygen atoms in total. The van der Waals surface area contributed by atoms with Gasteiger partial charge in [-0.2, -0.15) is 0 Å². The van der Waals surface area contributed by atoms with Crippen LogP contribution in [0.1, 0.15) is 42.5 Å². The summed E-state index contributed by atoms with van der Waals surface area (Å²) >= 11 is 0. The molecule has 1 saturated heterocycles. The van der Waals surface area contributed by atoms with Crippen LogP contribution in [0.2, 0.25) is 0 Å². The van der Waals surface area contributed by atoms with Gasteiger partial charge in [0.05, 0.1) is 12.0 Å². The highest BCUT2D eigenvalue weighted by Gasteiger charge is 2.30. The molecule has 3 rings (SSSR count). The number of hydrogen-bond acceptors (Lipinski definition) is 3. The van der Waals surface area contributed by atoms with Gasteiger partial charge in [-0.3, -0.25) is 9.59 Å². The number of nitrogens with zero attached hydrogens (tertiary/aromatic N) is 1. The lowest BCUT2D eigenvalue weighted by molar-refractivity contribution is -0.126. The van der Waals surface area contributed by atoms with Crippen LogP contribution in [-0.2, 0) is 4.79 Å². The average molecular weight is 348 g/mol. The highest BCUT2D eigenvalue weighted by atomic mass is 19.1. The molecular weight excluding hydrogens is 323 g/mol. The van der Waals surface area contributed by atoms with Crippen LogP contribution >= 0.6 is 0 Å². The molecule has 1 aromatic rings. The smallest absolute Gasteiger partial charge is 0.253 e. The van der Waals surface area contributed by atoms with E-state index in [0.29, 0.717) is 25.2 Å². The first-order valence-corrected chi connectivity index (χ1v) is 9.05. The molecule has 1 aliphatic heterocycles. The van der Waals surface area contributed by atoms with Crippen LogP contribution in [0, 0.1) is 17.7 Å². The Morgan fingerprint density at radius 2 is 1.92 bits per heavy atom. The maximum Gasteiger partial charge on any atom is 0.253 e. The number of piperidine rings is 1. The zero-order valence-corrected chi connectivity index (χ0v) is 14.3. The predicted octanol–water partition coefficient (Wildman–Crippen LogP) is 1.96. The Labute approximate surface area is 147 Å². The fourth-order valence-electron chi connectivity index (χ4n) is 3.78. The lowest BCUT2D eigenvalue weighted by Crippen LogP contribution is -2.46. The van der Waals surface area contributed by atoms with Gasteiger partial charge in [0.1, 0.15) is 5.82 Å². The quantitative estimate of drug-likeness (QED) is 0.874. The molecule has 2 fully saturated rings. The molecule has 1 aliphatic carbocycles. The van der Waals surface area contributed by atoms with Gasteiger partial charge in [-0.25, -0.2) is 4.39 Å². The number of aliphatic hydroxyl groups is 1. The minimum atomic E-state index is -0.374. The normalized spacial score (nSPS) is 26.5. The molecular formula is C19H25FN2O3. The van der Waals surface area contributed by atoms with Crippen molar-refractivity contribution in [3.8, 4) is 0 Å². The summed E-state index contributed by atoms with van der Waals surface area (Å²) in [6.07, 6.45) is 3.97. The van der Waals surface area contributed by atoms with Gasteiger partial charge in [0.2, 0.25) is 5.91 Å². The van der Waals surface area contributed by atoms with Gasteiger partial charge in [0.15, 0.2) is 0 Å². The van der Waals surface area contributed by atoms with Crippen molar-refractivity contribution in [1.29, 1.82) is 0 Å². The monoisotopic (exact) mass is 348 g/mol. The van der Waals surface area contributed by atoms with E-state index in [1.54, 1.807) is 4.90 Å². The number of nitrogens with one attached hydrogen (secondary N) is 1. The lowest BCUT2D eigenvalue weighted by atomic mass is 9.96. The van der Waals surface area contributed by atoms with Gasteiger partial charge in [0, 0.05) is 31.1 Å². The molecule has 2 aliphatic rings.